The molecule has 53 heavy (non-hydrogen) atoms. The molecule has 2 nitrogen and oxygen atoms in total. The molecule has 250 valence electrons. The van der Waals surface area contributed by atoms with Crippen LogP contribution in [-0.4, -0.2) is 9.13 Å². The van der Waals surface area contributed by atoms with Crippen molar-refractivity contribution in [2.75, 3.05) is 0 Å². The van der Waals surface area contributed by atoms with Crippen LogP contribution in [0.25, 0.3) is 102 Å². The highest BCUT2D eigenvalue weighted by Crippen LogP contribution is 2.42. The van der Waals surface area contributed by atoms with Crippen LogP contribution in [-0.2, 0) is 6.42 Å². The fraction of sp³-hybridized carbons (Fsp3) is 0.0612. The predicted molar refractivity (Wildman–Crippen MR) is 231 cm³/mol. The molecule has 0 radical (unpaired) electrons. The fourth-order valence-electron chi connectivity index (χ4n) is 9.01. The molecule has 0 amide bonds. The van der Waals surface area contributed by atoms with Gasteiger partial charge in [-0.25, -0.2) is 0 Å². The summed E-state index contributed by atoms with van der Waals surface area (Å²) in [6, 6.07) is 54.6. The smallest absolute Gasteiger partial charge is 0.0541 e. The van der Waals surface area contributed by atoms with Crippen LogP contribution >= 0.6 is 22.7 Å². The number of fused-ring (bicyclic) bond motifs is 12. The van der Waals surface area contributed by atoms with Crippen molar-refractivity contribution in [1.82, 2.24) is 9.13 Å². The van der Waals surface area contributed by atoms with E-state index in [4.69, 9.17) is 0 Å². The fourth-order valence-corrected chi connectivity index (χ4v) is 11.2. The Morgan fingerprint density at radius 3 is 1.66 bits per heavy atom. The second-order valence-corrected chi connectivity index (χ2v) is 16.8. The first kappa shape index (κ1) is 29.6. The van der Waals surface area contributed by atoms with Crippen LogP contribution in [0.3, 0.4) is 0 Å². The highest BCUT2D eigenvalue weighted by atomic mass is 32.1. The number of hydrogen-bond acceptors (Lipinski definition) is 2. The molecule has 0 saturated heterocycles. The number of hydrogen-bond donors (Lipinski definition) is 0. The second-order valence-electron chi connectivity index (χ2n) is 14.6. The standard InChI is InChI=1S/C49H32N2S2/c1-29-14-19-43-37(24-29)39-26-31(16-21-45(39)51(43)33-18-23-49-41(28-33)36-10-4-7-13-47(36)53-49)30-15-20-44-38(25-30)34-8-2-5-11-42(34)50(44)32-17-22-48-40(27-32)35-9-3-6-12-46(35)52-48/h2-23,25-29H,24H2,1H3. The molecule has 0 bridgehead atoms. The number of rotatable bonds is 3. The zero-order chi connectivity index (χ0) is 34.8. The third kappa shape index (κ3) is 4.31. The second kappa shape index (κ2) is 11.0. The number of para-hydroxylation sites is 1. The van der Waals surface area contributed by atoms with E-state index in [1.54, 1.807) is 0 Å². The van der Waals surface area contributed by atoms with Gasteiger partial charge in [-0.05, 0) is 114 Å². The van der Waals surface area contributed by atoms with Crippen molar-refractivity contribution >= 4 is 102 Å². The first-order valence-corrected chi connectivity index (χ1v) is 20.0. The van der Waals surface area contributed by atoms with Crippen LogP contribution in [0.5, 0.6) is 0 Å². The van der Waals surface area contributed by atoms with E-state index in [1.165, 1.54) is 107 Å². The molecule has 0 spiro atoms. The molecule has 0 saturated carbocycles. The van der Waals surface area contributed by atoms with Crippen LogP contribution in [0.4, 0.5) is 0 Å². The maximum absolute atomic E-state index is 2.49. The van der Waals surface area contributed by atoms with Gasteiger partial charge in [-0.1, -0.05) is 79.7 Å². The Bertz CT molecular complexity index is 3340. The van der Waals surface area contributed by atoms with Gasteiger partial charge in [0.05, 0.1) is 16.6 Å². The Kier molecular flexibility index (Phi) is 6.17. The molecule has 0 fully saturated rings. The summed E-state index contributed by atoms with van der Waals surface area (Å²) in [4.78, 5) is 0. The van der Waals surface area contributed by atoms with E-state index in [-0.39, 0.29) is 0 Å². The summed E-state index contributed by atoms with van der Waals surface area (Å²) in [6.45, 7) is 2.33. The molecule has 4 heteroatoms. The van der Waals surface area contributed by atoms with Crippen molar-refractivity contribution in [2.45, 2.75) is 13.3 Å². The molecule has 1 atom stereocenters. The van der Waals surface area contributed by atoms with Crippen molar-refractivity contribution in [1.29, 1.82) is 0 Å². The molecule has 1 aliphatic rings. The highest BCUT2D eigenvalue weighted by molar-refractivity contribution is 7.26. The predicted octanol–water partition coefficient (Wildman–Crippen LogP) is 14.3. The Morgan fingerprint density at radius 2 is 0.981 bits per heavy atom. The number of benzene rings is 7. The van der Waals surface area contributed by atoms with Gasteiger partial charge in [0, 0.05) is 73.6 Å². The SMILES string of the molecule is CC1C=Cc2c(c3cc(-c4ccc5c(c4)c4ccccc4n5-c4ccc5sc6ccccc6c5c4)ccc3n2-c2ccc3sc4ccccc4c3c2)C1. The minimum absolute atomic E-state index is 0.502. The van der Waals surface area contributed by atoms with Crippen LogP contribution in [0.1, 0.15) is 18.2 Å². The van der Waals surface area contributed by atoms with E-state index < -0.39 is 0 Å². The van der Waals surface area contributed by atoms with Crippen molar-refractivity contribution in [3.8, 4) is 22.5 Å². The number of thiophene rings is 2. The quantitative estimate of drug-likeness (QED) is 0.173. The van der Waals surface area contributed by atoms with Gasteiger partial charge in [0.1, 0.15) is 0 Å². The van der Waals surface area contributed by atoms with Gasteiger partial charge >= 0.3 is 0 Å². The van der Waals surface area contributed by atoms with Gasteiger partial charge in [0.2, 0.25) is 0 Å². The summed E-state index contributed by atoms with van der Waals surface area (Å²) in [7, 11) is 0. The van der Waals surface area contributed by atoms with E-state index in [0.717, 1.165) is 6.42 Å². The van der Waals surface area contributed by atoms with E-state index >= 15 is 0 Å². The molecule has 11 aromatic rings. The summed E-state index contributed by atoms with van der Waals surface area (Å²) in [5.74, 6) is 0.502. The van der Waals surface area contributed by atoms with Crippen molar-refractivity contribution in [3.63, 3.8) is 0 Å². The zero-order valence-electron chi connectivity index (χ0n) is 29.0. The van der Waals surface area contributed by atoms with Gasteiger partial charge in [0.25, 0.3) is 0 Å². The third-order valence-electron chi connectivity index (χ3n) is 11.5. The van der Waals surface area contributed by atoms with Gasteiger partial charge in [-0.15, -0.1) is 22.7 Å². The minimum Gasteiger partial charge on any atom is -0.310 e. The molecular formula is C49H32N2S2. The van der Waals surface area contributed by atoms with Crippen LogP contribution in [0.15, 0.2) is 152 Å². The maximum Gasteiger partial charge on any atom is 0.0541 e. The Labute approximate surface area is 314 Å². The van der Waals surface area contributed by atoms with E-state index in [2.05, 4.69) is 174 Å². The molecule has 1 aliphatic carbocycles. The minimum atomic E-state index is 0.502. The molecule has 7 aromatic carbocycles. The van der Waals surface area contributed by atoms with Crippen molar-refractivity contribution in [2.24, 2.45) is 5.92 Å². The number of aromatic nitrogens is 2. The lowest BCUT2D eigenvalue weighted by atomic mass is 9.92. The maximum atomic E-state index is 2.49. The summed E-state index contributed by atoms with van der Waals surface area (Å²) in [5.41, 5.74) is 11.4. The Morgan fingerprint density at radius 1 is 0.453 bits per heavy atom. The summed E-state index contributed by atoms with van der Waals surface area (Å²) < 4.78 is 10.3. The topological polar surface area (TPSA) is 9.86 Å². The summed E-state index contributed by atoms with van der Waals surface area (Å²) in [5, 5.41) is 9.22. The third-order valence-corrected chi connectivity index (χ3v) is 13.8. The van der Waals surface area contributed by atoms with Crippen LogP contribution in [0.2, 0.25) is 0 Å². The normalized spacial score (nSPS) is 14.5. The first-order valence-electron chi connectivity index (χ1n) is 18.4. The molecular weight excluding hydrogens is 681 g/mol. The molecule has 0 aliphatic heterocycles. The zero-order valence-corrected chi connectivity index (χ0v) is 30.6. The van der Waals surface area contributed by atoms with Gasteiger partial charge < -0.3 is 9.13 Å². The molecule has 0 N–H and O–H groups in total. The van der Waals surface area contributed by atoms with Crippen molar-refractivity contribution in [3.05, 3.63) is 163 Å². The monoisotopic (exact) mass is 712 g/mol. The lowest BCUT2D eigenvalue weighted by Gasteiger charge is -2.15. The lowest BCUT2D eigenvalue weighted by molar-refractivity contribution is 0.718. The molecule has 4 heterocycles. The summed E-state index contributed by atoms with van der Waals surface area (Å²) in [6.07, 6.45) is 5.77. The average molecular weight is 713 g/mol. The van der Waals surface area contributed by atoms with E-state index in [0.29, 0.717) is 5.92 Å². The first-order chi connectivity index (χ1) is 26.2. The lowest BCUT2D eigenvalue weighted by Crippen LogP contribution is -2.05. The van der Waals surface area contributed by atoms with E-state index in [1.807, 2.05) is 22.7 Å². The van der Waals surface area contributed by atoms with Gasteiger partial charge in [-0.2, -0.15) is 0 Å². The Balaban J connectivity index is 1.03. The Hall–Kier alpha value is -5.94. The molecule has 1 unspecified atom stereocenters. The van der Waals surface area contributed by atoms with Crippen molar-refractivity contribution < 1.29 is 0 Å². The largest absolute Gasteiger partial charge is 0.310 e. The highest BCUT2D eigenvalue weighted by Gasteiger charge is 2.23. The molecule has 12 rings (SSSR count). The van der Waals surface area contributed by atoms with Crippen LogP contribution in [0, 0.1) is 5.92 Å². The van der Waals surface area contributed by atoms with E-state index in [9.17, 15) is 0 Å². The van der Waals surface area contributed by atoms with Gasteiger partial charge in [-0.3, -0.25) is 0 Å². The summed E-state index contributed by atoms with van der Waals surface area (Å²) >= 11 is 3.75. The average Bonchev–Trinajstić information content (AvgIpc) is 3.94. The van der Waals surface area contributed by atoms with Gasteiger partial charge in [0.15, 0.2) is 0 Å². The number of allylic oxidation sites excluding steroid dienone is 1. The number of nitrogens with zero attached hydrogens (tertiary/aromatic N) is 2. The van der Waals surface area contributed by atoms with Crippen LogP contribution < -0.4 is 0 Å². The molecule has 4 aromatic heterocycles.